The molecule has 0 spiro atoms. The molecule has 0 radical (unpaired) electrons. The van der Waals surface area contributed by atoms with Crippen molar-refractivity contribution in [3.8, 4) is 0 Å². The summed E-state index contributed by atoms with van der Waals surface area (Å²) in [5.41, 5.74) is 1.84. The number of carboxylic acid groups (broad SMARTS) is 1. The molecule has 0 aromatic heterocycles. The highest BCUT2D eigenvalue weighted by Gasteiger charge is 2.36. The molecule has 132 valence electrons. The summed E-state index contributed by atoms with van der Waals surface area (Å²) < 4.78 is 0.973. The second kappa shape index (κ2) is 8.09. The third kappa shape index (κ3) is 4.03. The molecule has 0 amide bonds. The number of hydrogen-bond acceptors (Lipinski definition) is 2. The van der Waals surface area contributed by atoms with Gasteiger partial charge in [-0.25, -0.2) is 0 Å². The Morgan fingerprint density at radius 1 is 1.16 bits per heavy atom. The number of benzene rings is 2. The Morgan fingerprint density at radius 2 is 1.88 bits per heavy atom. The minimum atomic E-state index is -0.792. The van der Waals surface area contributed by atoms with Crippen LogP contribution >= 0.6 is 39.1 Å². The first-order valence-corrected chi connectivity index (χ1v) is 9.72. The minimum Gasteiger partial charge on any atom is -0.480 e. The van der Waals surface area contributed by atoms with Gasteiger partial charge in [-0.05, 0) is 48.7 Å². The number of piperidine rings is 1. The van der Waals surface area contributed by atoms with Gasteiger partial charge in [0.2, 0.25) is 0 Å². The zero-order valence-electron chi connectivity index (χ0n) is 13.5. The van der Waals surface area contributed by atoms with Crippen molar-refractivity contribution in [1.29, 1.82) is 0 Å². The average Bonchev–Trinajstić information content (AvgIpc) is 2.61. The van der Waals surface area contributed by atoms with Crippen LogP contribution in [0.15, 0.2) is 46.9 Å². The summed E-state index contributed by atoms with van der Waals surface area (Å²) in [5.74, 6) is -0.792. The molecule has 0 bridgehead atoms. The van der Waals surface area contributed by atoms with Gasteiger partial charge in [-0.1, -0.05) is 69.8 Å². The summed E-state index contributed by atoms with van der Waals surface area (Å²) >= 11 is 16.2. The molecule has 2 aromatic carbocycles. The first-order valence-electron chi connectivity index (χ1n) is 8.17. The van der Waals surface area contributed by atoms with Crippen LogP contribution in [0, 0.1) is 0 Å². The van der Waals surface area contributed by atoms with E-state index in [0.717, 1.165) is 28.4 Å². The number of carboxylic acids is 1. The van der Waals surface area contributed by atoms with Crippen LogP contribution in [-0.4, -0.2) is 28.6 Å². The largest absolute Gasteiger partial charge is 0.480 e. The first-order chi connectivity index (χ1) is 12.0. The monoisotopic (exact) mass is 441 g/mol. The van der Waals surface area contributed by atoms with Gasteiger partial charge in [0.15, 0.2) is 0 Å². The number of aliphatic carboxylic acids is 1. The van der Waals surface area contributed by atoms with Gasteiger partial charge < -0.3 is 5.11 Å². The molecule has 0 aliphatic carbocycles. The van der Waals surface area contributed by atoms with Crippen LogP contribution in [-0.2, 0) is 4.79 Å². The fraction of sp³-hybridized carbons (Fsp3) is 0.316. The second-order valence-corrected chi connectivity index (χ2v) is 7.89. The van der Waals surface area contributed by atoms with Crippen LogP contribution in [0.4, 0.5) is 0 Å². The van der Waals surface area contributed by atoms with Gasteiger partial charge in [-0.3, -0.25) is 9.69 Å². The van der Waals surface area contributed by atoms with Crippen molar-refractivity contribution >= 4 is 45.1 Å². The highest BCUT2D eigenvalue weighted by molar-refractivity contribution is 9.10. The lowest BCUT2D eigenvalue weighted by Gasteiger charge is -2.40. The lowest BCUT2D eigenvalue weighted by molar-refractivity contribution is -0.145. The molecule has 2 unspecified atom stereocenters. The van der Waals surface area contributed by atoms with Gasteiger partial charge in [-0.2, -0.15) is 0 Å². The lowest BCUT2D eigenvalue weighted by Crippen LogP contribution is -2.46. The number of halogens is 3. The van der Waals surface area contributed by atoms with Crippen LogP contribution in [0.25, 0.3) is 0 Å². The van der Waals surface area contributed by atoms with Gasteiger partial charge in [0.05, 0.1) is 16.1 Å². The summed E-state index contributed by atoms with van der Waals surface area (Å²) in [7, 11) is 0. The highest BCUT2D eigenvalue weighted by Crippen LogP contribution is 2.39. The zero-order valence-corrected chi connectivity index (χ0v) is 16.6. The third-order valence-corrected chi connectivity index (χ3v) is 5.98. The van der Waals surface area contributed by atoms with E-state index in [-0.39, 0.29) is 6.04 Å². The Balaban J connectivity index is 2.12. The van der Waals surface area contributed by atoms with Crippen LogP contribution in [0.2, 0.25) is 10.0 Å². The van der Waals surface area contributed by atoms with Gasteiger partial charge in [0.25, 0.3) is 0 Å². The molecule has 25 heavy (non-hydrogen) atoms. The summed E-state index contributed by atoms with van der Waals surface area (Å²) in [4.78, 5) is 13.9. The number of carbonyl (C=O) groups is 1. The predicted molar refractivity (Wildman–Crippen MR) is 104 cm³/mol. The Kier molecular flexibility index (Phi) is 6.05. The Morgan fingerprint density at radius 3 is 2.56 bits per heavy atom. The molecular weight excluding hydrogens is 425 g/mol. The number of rotatable bonds is 4. The fourth-order valence-electron chi connectivity index (χ4n) is 3.45. The predicted octanol–water partition coefficient (Wildman–Crippen LogP) is 5.78. The van der Waals surface area contributed by atoms with Crippen molar-refractivity contribution in [3.05, 3.63) is 68.1 Å². The van der Waals surface area contributed by atoms with E-state index in [1.54, 1.807) is 6.07 Å². The fourth-order valence-corrected chi connectivity index (χ4v) is 4.13. The minimum absolute atomic E-state index is 0.249. The van der Waals surface area contributed by atoms with Crippen LogP contribution in [0.1, 0.15) is 36.4 Å². The maximum Gasteiger partial charge on any atom is 0.320 e. The molecule has 3 rings (SSSR count). The van der Waals surface area contributed by atoms with E-state index in [1.807, 2.05) is 41.3 Å². The normalized spacial score (nSPS) is 19.6. The molecule has 1 aliphatic heterocycles. The first kappa shape index (κ1) is 18.7. The van der Waals surface area contributed by atoms with Crippen molar-refractivity contribution in [2.45, 2.75) is 31.3 Å². The maximum atomic E-state index is 11.8. The summed E-state index contributed by atoms with van der Waals surface area (Å²) in [6.45, 7) is 0.709. The Hall–Kier alpha value is -1.07. The van der Waals surface area contributed by atoms with Crippen molar-refractivity contribution in [2.24, 2.45) is 0 Å². The molecule has 1 fully saturated rings. The summed E-state index contributed by atoms with van der Waals surface area (Å²) in [5, 5.41) is 10.7. The van der Waals surface area contributed by atoms with E-state index >= 15 is 0 Å². The van der Waals surface area contributed by atoms with Crippen molar-refractivity contribution in [1.82, 2.24) is 4.90 Å². The molecule has 6 heteroatoms. The molecule has 1 N–H and O–H groups in total. The average molecular weight is 443 g/mol. The van der Waals surface area contributed by atoms with E-state index in [9.17, 15) is 9.90 Å². The highest BCUT2D eigenvalue weighted by atomic mass is 79.9. The molecule has 3 nitrogen and oxygen atoms in total. The van der Waals surface area contributed by atoms with E-state index in [1.165, 1.54) is 0 Å². The molecular formula is C19H18BrCl2NO2. The van der Waals surface area contributed by atoms with Crippen molar-refractivity contribution in [3.63, 3.8) is 0 Å². The Labute approximate surface area is 165 Å². The quantitative estimate of drug-likeness (QED) is 0.651. The van der Waals surface area contributed by atoms with E-state index < -0.39 is 12.0 Å². The lowest BCUT2D eigenvalue weighted by atomic mass is 9.91. The molecule has 2 atom stereocenters. The molecule has 1 aliphatic rings. The van der Waals surface area contributed by atoms with Crippen LogP contribution in [0.5, 0.6) is 0 Å². The number of hydrogen-bond donors (Lipinski definition) is 1. The van der Waals surface area contributed by atoms with Crippen LogP contribution < -0.4 is 0 Å². The smallest absolute Gasteiger partial charge is 0.320 e. The molecule has 1 saturated heterocycles. The maximum absolute atomic E-state index is 11.8. The van der Waals surface area contributed by atoms with Crippen LogP contribution in [0.3, 0.4) is 0 Å². The van der Waals surface area contributed by atoms with Gasteiger partial charge in [0, 0.05) is 4.47 Å². The third-order valence-electron chi connectivity index (χ3n) is 4.62. The van der Waals surface area contributed by atoms with Crippen molar-refractivity contribution in [2.75, 3.05) is 6.54 Å². The topological polar surface area (TPSA) is 40.5 Å². The number of nitrogens with zero attached hydrogens (tertiary/aromatic N) is 1. The second-order valence-electron chi connectivity index (χ2n) is 6.18. The SMILES string of the molecule is O=C(O)C1CCCCN1C(c1ccc(Br)cc1)c1cccc(Cl)c1Cl. The molecule has 1 heterocycles. The van der Waals surface area contributed by atoms with Gasteiger partial charge in [-0.15, -0.1) is 0 Å². The van der Waals surface area contributed by atoms with E-state index in [0.29, 0.717) is 23.0 Å². The van der Waals surface area contributed by atoms with E-state index in [4.69, 9.17) is 23.2 Å². The van der Waals surface area contributed by atoms with Gasteiger partial charge >= 0.3 is 5.97 Å². The summed E-state index contributed by atoms with van der Waals surface area (Å²) in [6.07, 6.45) is 2.53. The number of likely N-dealkylation sites (tertiary alicyclic amines) is 1. The summed E-state index contributed by atoms with van der Waals surface area (Å²) in [6, 6.07) is 12.7. The van der Waals surface area contributed by atoms with Crippen molar-refractivity contribution < 1.29 is 9.90 Å². The Bertz CT molecular complexity index is 767. The van der Waals surface area contributed by atoms with Gasteiger partial charge in [0.1, 0.15) is 6.04 Å². The van der Waals surface area contributed by atoms with E-state index in [2.05, 4.69) is 15.9 Å². The standard InChI is InChI=1S/C19H18BrCl2NO2/c20-13-9-7-12(8-10-13)18(14-4-3-5-15(21)17(14)22)23-11-2-1-6-16(23)19(24)25/h3-5,7-10,16,18H,1-2,6,11H2,(H,24,25). The molecule has 2 aromatic rings. The zero-order chi connectivity index (χ0) is 18.0. The molecule has 0 saturated carbocycles.